The minimum Gasteiger partial charge on any atom is -0.434 e. The maximum Gasteiger partial charge on any atom is 0.513 e. The minimum atomic E-state index is -0.701. The highest BCUT2D eigenvalue weighted by atomic mass is 19.1. The summed E-state index contributed by atoms with van der Waals surface area (Å²) in [5, 5.41) is 0. The molecule has 0 spiro atoms. The molecular weight excluding hydrogens is 343 g/mol. The van der Waals surface area contributed by atoms with Crippen molar-refractivity contribution in [1.29, 1.82) is 0 Å². The van der Waals surface area contributed by atoms with Gasteiger partial charge in [-0.05, 0) is 42.2 Å². The number of unbranched alkanes of at least 4 members (excludes halogenated alkanes) is 4. The number of carbonyl (C=O) groups is 1. The lowest BCUT2D eigenvalue weighted by Gasteiger charge is -2.08. The van der Waals surface area contributed by atoms with Crippen molar-refractivity contribution in [3.05, 3.63) is 53.8 Å². The summed E-state index contributed by atoms with van der Waals surface area (Å²) in [6.07, 6.45) is 6.61. The summed E-state index contributed by atoms with van der Waals surface area (Å²) in [5.41, 5.74) is 2.28. The number of benzene rings is 2. The topological polar surface area (TPSA) is 35.5 Å². The molecule has 0 aliphatic rings. The van der Waals surface area contributed by atoms with E-state index in [-0.39, 0.29) is 5.82 Å². The molecule has 4 heteroatoms. The van der Waals surface area contributed by atoms with Gasteiger partial charge in [0.05, 0.1) is 6.61 Å². The van der Waals surface area contributed by atoms with Crippen LogP contribution in [0, 0.1) is 5.82 Å². The average Bonchev–Trinajstić information content (AvgIpc) is 2.66. The van der Waals surface area contributed by atoms with E-state index in [2.05, 4.69) is 13.8 Å². The smallest absolute Gasteiger partial charge is 0.434 e. The van der Waals surface area contributed by atoms with Gasteiger partial charge in [-0.15, -0.1) is 0 Å². The standard InChI is InChI=1S/C23H29FO3/c1-3-5-6-7-8-16-26-23(25)27-20-13-11-19(12-14-20)21-15-10-18(9-4-2)17-22(21)24/h10-15,17H,3-9,16H2,1-2H3. The predicted molar refractivity (Wildman–Crippen MR) is 107 cm³/mol. The van der Waals surface area contributed by atoms with Gasteiger partial charge in [0.25, 0.3) is 0 Å². The fraction of sp³-hybridized carbons (Fsp3) is 0.435. The van der Waals surface area contributed by atoms with Crippen LogP contribution >= 0.6 is 0 Å². The molecule has 0 saturated carbocycles. The van der Waals surface area contributed by atoms with Gasteiger partial charge in [0, 0.05) is 5.56 Å². The third kappa shape index (κ3) is 7.05. The van der Waals surface area contributed by atoms with Crippen molar-refractivity contribution in [1.82, 2.24) is 0 Å². The largest absolute Gasteiger partial charge is 0.513 e. The molecule has 0 saturated heterocycles. The molecule has 0 bridgehead atoms. The number of aryl methyl sites for hydroxylation is 1. The van der Waals surface area contributed by atoms with E-state index in [0.717, 1.165) is 43.2 Å². The number of rotatable bonds is 10. The normalized spacial score (nSPS) is 10.6. The second kappa shape index (κ2) is 11.4. The fourth-order valence-corrected chi connectivity index (χ4v) is 2.93. The van der Waals surface area contributed by atoms with E-state index in [1.165, 1.54) is 12.8 Å². The third-order valence-electron chi connectivity index (χ3n) is 4.41. The molecule has 0 atom stereocenters. The van der Waals surface area contributed by atoms with E-state index >= 15 is 0 Å². The molecule has 2 aromatic rings. The van der Waals surface area contributed by atoms with Gasteiger partial charge in [-0.25, -0.2) is 9.18 Å². The number of ether oxygens (including phenoxy) is 2. The van der Waals surface area contributed by atoms with Gasteiger partial charge >= 0.3 is 6.16 Å². The van der Waals surface area contributed by atoms with Crippen molar-refractivity contribution < 1.29 is 18.7 Å². The molecule has 0 N–H and O–H groups in total. The molecular formula is C23H29FO3. The zero-order valence-corrected chi connectivity index (χ0v) is 16.3. The number of halogens is 1. The van der Waals surface area contributed by atoms with Crippen LogP contribution < -0.4 is 4.74 Å². The molecule has 3 nitrogen and oxygen atoms in total. The van der Waals surface area contributed by atoms with Gasteiger partial charge in [-0.1, -0.05) is 70.2 Å². The van der Waals surface area contributed by atoms with Crippen molar-refractivity contribution in [2.75, 3.05) is 6.61 Å². The molecule has 0 heterocycles. The molecule has 2 aromatic carbocycles. The lowest BCUT2D eigenvalue weighted by Crippen LogP contribution is -2.11. The molecule has 0 fully saturated rings. The highest BCUT2D eigenvalue weighted by Crippen LogP contribution is 2.26. The van der Waals surface area contributed by atoms with Crippen molar-refractivity contribution in [3.8, 4) is 16.9 Å². The Morgan fingerprint density at radius 3 is 2.33 bits per heavy atom. The fourth-order valence-electron chi connectivity index (χ4n) is 2.93. The van der Waals surface area contributed by atoms with Crippen molar-refractivity contribution in [2.24, 2.45) is 0 Å². The Balaban J connectivity index is 1.85. The molecule has 27 heavy (non-hydrogen) atoms. The van der Waals surface area contributed by atoms with E-state index in [4.69, 9.17) is 9.47 Å². The Labute approximate surface area is 161 Å². The Morgan fingerprint density at radius 2 is 1.67 bits per heavy atom. The Kier molecular flexibility index (Phi) is 8.82. The number of hydrogen-bond donors (Lipinski definition) is 0. The third-order valence-corrected chi connectivity index (χ3v) is 4.41. The quantitative estimate of drug-likeness (QED) is 0.258. The van der Waals surface area contributed by atoms with Gasteiger partial charge in [-0.3, -0.25) is 0 Å². The van der Waals surface area contributed by atoms with Crippen LogP contribution in [0.3, 0.4) is 0 Å². The van der Waals surface area contributed by atoms with Gasteiger partial charge in [0.1, 0.15) is 11.6 Å². The zero-order valence-electron chi connectivity index (χ0n) is 16.3. The monoisotopic (exact) mass is 372 g/mol. The zero-order chi connectivity index (χ0) is 19.5. The molecule has 2 rings (SSSR count). The van der Waals surface area contributed by atoms with Gasteiger partial charge in [-0.2, -0.15) is 0 Å². The minimum absolute atomic E-state index is 0.239. The lowest BCUT2D eigenvalue weighted by atomic mass is 10.0. The van der Waals surface area contributed by atoms with Crippen LogP contribution in [0.1, 0.15) is 57.9 Å². The van der Waals surface area contributed by atoms with Crippen LogP contribution in [0.2, 0.25) is 0 Å². The maximum atomic E-state index is 14.3. The number of hydrogen-bond acceptors (Lipinski definition) is 3. The summed E-state index contributed by atoms with van der Waals surface area (Å²) in [7, 11) is 0. The molecule has 0 unspecified atom stereocenters. The Bertz CT molecular complexity index is 710. The summed E-state index contributed by atoms with van der Waals surface area (Å²) in [4.78, 5) is 11.7. The first-order valence-electron chi connectivity index (χ1n) is 9.87. The summed E-state index contributed by atoms with van der Waals surface area (Å²) in [6.45, 7) is 4.60. The second-order valence-corrected chi connectivity index (χ2v) is 6.70. The SMILES string of the molecule is CCCCCCCOC(=O)Oc1ccc(-c2ccc(CCC)cc2F)cc1. The Morgan fingerprint density at radius 1 is 0.926 bits per heavy atom. The van der Waals surface area contributed by atoms with Crippen LogP contribution in [-0.4, -0.2) is 12.8 Å². The van der Waals surface area contributed by atoms with Gasteiger partial charge in [0.2, 0.25) is 0 Å². The van der Waals surface area contributed by atoms with E-state index in [9.17, 15) is 9.18 Å². The van der Waals surface area contributed by atoms with Crippen LogP contribution in [0.5, 0.6) is 5.75 Å². The summed E-state index contributed by atoms with van der Waals surface area (Å²) in [6, 6.07) is 12.1. The molecule has 0 aromatic heterocycles. The average molecular weight is 372 g/mol. The number of carbonyl (C=O) groups excluding carboxylic acids is 1. The van der Waals surface area contributed by atoms with Gasteiger partial charge in [0.15, 0.2) is 0 Å². The summed E-state index contributed by atoms with van der Waals surface area (Å²) < 4.78 is 24.5. The first-order chi connectivity index (χ1) is 13.1. The van der Waals surface area contributed by atoms with E-state index in [1.54, 1.807) is 36.4 Å². The molecule has 146 valence electrons. The van der Waals surface area contributed by atoms with Crippen LogP contribution in [0.15, 0.2) is 42.5 Å². The summed E-state index contributed by atoms with van der Waals surface area (Å²) in [5.74, 6) is 0.148. The van der Waals surface area contributed by atoms with Crippen molar-refractivity contribution in [2.45, 2.75) is 58.8 Å². The van der Waals surface area contributed by atoms with E-state index in [1.807, 2.05) is 6.07 Å². The van der Waals surface area contributed by atoms with Crippen molar-refractivity contribution in [3.63, 3.8) is 0 Å². The molecule has 0 radical (unpaired) electrons. The summed E-state index contributed by atoms with van der Waals surface area (Å²) >= 11 is 0. The molecule has 0 aliphatic carbocycles. The maximum absolute atomic E-state index is 14.3. The second-order valence-electron chi connectivity index (χ2n) is 6.70. The Hall–Kier alpha value is -2.36. The lowest BCUT2D eigenvalue weighted by molar-refractivity contribution is 0.0973. The first kappa shape index (κ1) is 20.9. The first-order valence-corrected chi connectivity index (χ1v) is 9.87. The van der Waals surface area contributed by atoms with Gasteiger partial charge < -0.3 is 9.47 Å². The van der Waals surface area contributed by atoms with E-state index in [0.29, 0.717) is 17.9 Å². The molecule has 0 amide bonds. The van der Waals surface area contributed by atoms with Crippen LogP contribution in [0.4, 0.5) is 9.18 Å². The van der Waals surface area contributed by atoms with Crippen LogP contribution in [0.25, 0.3) is 11.1 Å². The van der Waals surface area contributed by atoms with Crippen LogP contribution in [-0.2, 0) is 11.2 Å². The molecule has 0 aliphatic heterocycles. The van der Waals surface area contributed by atoms with Crippen molar-refractivity contribution >= 4 is 6.16 Å². The highest BCUT2D eigenvalue weighted by Gasteiger charge is 2.09. The highest BCUT2D eigenvalue weighted by molar-refractivity contribution is 5.67. The predicted octanol–water partition coefficient (Wildman–Crippen LogP) is 6.93. The van der Waals surface area contributed by atoms with E-state index < -0.39 is 6.16 Å².